The lowest BCUT2D eigenvalue weighted by Gasteiger charge is -2.21. The third-order valence-electron chi connectivity index (χ3n) is 6.03. The smallest absolute Gasteiger partial charge is 0.249 e. The standard InChI is InChI=1S/C24H26N4O3.2H2/c1-15-8-9-17-19(13-15)26-22(18-5-2-3-6-20(18)29)27-23(17)28-11-10-16(14-28)25-24(30)21-7-4-12-31-21;;/h2-3,5-6,8-9,13,16,21,29H,4,7,10-12,14H2,1H3,(H,25,30);2*1H/t16-,21-;;/m1../s1. The monoisotopic (exact) mass is 422 g/mol. The second-order valence-corrected chi connectivity index (χ2v) is 8.35. The largest absolute Gasteiger partial charge is 0.507 e. The number of hydrogen-bond acceptors (Lipinski definition) is 6. The van der Waals surface area contributed by atoms with Gasteiger partial charge in [0.15, 0.2) is 5.82 Å². The molecule has 5 rings (SSSR count). The number of phenols is 1. The second kappa shape index (κ2) is 8.15. The zero-order valence-corrected chi connectivity index (χ0v) is 17.5. The maximum atomic E-state index is 12.5. The van der Waals surface area contributed by atoms with Crippen molar-refractivity contribution in [3.8, 4) is 17.1 Å². The van der Waals surface area contributed by atoms with Crippen LogP contribution in [0.15, 0.2) is 42.5 Å². The van der Waals surface area contributed by atoms with Gasteiger partial charge in [-0.2, -0.15) is 0 Å². The summed E-state index contributed by atoms with van der Waals surface area (Å²) in [7, 11) is 0. The first-order valence-electron chi connectivity index (χ1n) is 10.8. The Kier molecular flexibility index (Phi) is 5.19. The summed E-state index contributed by atoms with van der Waals surface area (Å²) >= 11 is 0. The Morgan fingerprint density at radius 1 is 1.23 bits per heavy atom. The zero-order chi connectivity index (χ0) is 21.4. The molecule has 164 valence electrons. The minimum absolute atomic E-state index is 0. The number of anilines is 1. The molecule has 0 saturated carbocycles. The fraction of sp³-hybridized carbons (Fsp3) is 0.375. The SMILES string of the molecule is Cc1ccc2c(N3CC[C@@H](NC(=O)[C@H]4CCCO4)C3)nc(-c3ccccc3O)nc2c1.[HH].[HH]. The Balaban J connectivity index is 0.00000153. The Bertz CT molecular complexity index is 1140. The number of hydrogen-bond donors (Lipinski definition) is 2. The predicted molar refractivity (Wildman–Crippen MR) is 123 cm³/mol. The van der Waals surface area contributed by atoms with Crippen LogP contribution >= 0.6 is 0 Å². The first kappa shape index (κ1) is 19.8. The van der Waals surface area contributed by atoms with Gasteiger partial charge in [-0.05, 0) is 56.0 Å². The van der Waals surface area contributed by atoms with Crippen molar-refractivity contribution in [3.05, 3.63) is 48.0 Å². The summed E-state index contributed by atoms with van der Waals surface area (Å²) in [6, 6.07) is 13.3. The van der Waals surface area contributed by atoms with Crippen molar-refractivity contribution in [2.45, 2.75) is 38.3 Å². The molecule has 1 amide bonds. The van der Waals surface area contributed by atoms with Gasteiger partial charge in [0.1, 0.15) is 17.7 Å². The van der Waals surface area contributed by atoms with Crippen LogP contribution < -0.4 is 10.2 Å². The van der Waals surface area contributed by atoms with Crippen molar-refractivity contribution in [1.82, 2.24) is 15.3 Å². The fourth-order valence-corrected chi connectivity index (χ4v) is 4.40. The van der Waals surface area contributed by atoms with E-state index in [4.69, 9.17) is 14.7 Å². The highest BCUT2D eigenvalue weighted by molar-refractivity contribution is 5.92. The summed E-state index contributed by atoms with van der Waals surface area (Å²) in [4.78, 5) is 24.2. The van der Waals surface area contributed by atoms with Crippen LogP contribution in [-0.2, 0) is 9.53 Å². The van der Waals surface area contributed by atoms with Crippen LogP contribution in [0.2, 0.25) is 0 Å². The highest BCUT2D eigenvalue weighted by atomic mass is 16.5. The van der Waals surface area contributed by atoms with Crippen LogP contribution in [0.5, 0.6) is 5.75 Å². The molecule has 0 aliphatic carbocycles. The van der Waals surface area contributed by atoms with Crippen molar-refractivity contribution < 1.29 is 17.5 Å². The van der Waals surface area contributed by atoms with E-state index in [0.29, 0.717) is 24.5 Å². The number of amides is 1. The van der Waals surface area contributed by atoms with Gasteiger partial charge in [0.25, 0.3) is 0 Å². The molecule has 7 nitrogen and oxygen atoms in total. The van der Waals surface area contributed by atoms with Gasteiger partial charge < -0.3 is 20.1 Å². The number of nitrogens with one attached hydrogen (secondary N) is 1. The molecule has 1 aromatic heterocycles. The third-order valence-corrected chi connectivity index (χ3v) is 6.03. The lowest BCUT2D eigenvalue weighted by molar-refractivity contribution is -0.130. The van der Waals surface area contributed by atoms with E-state index in [1.54, 1.807) is 12.1 Å². The van der Waals surface area contributed by atoms with Crippen LogP contribution in [0, 0.1) is 6.92 Å². The summed E-state index contributed by atoms with van der Waals surface area (Å²) in [5.41, 5.74) is 2.56. The van der Waals surface area contributed by atoms with Crippen molar-refractivity contribution in [1.29, 1.82) is 0 Å². The third kappa shape index (κ3) is 3.93. The van der Waals surface area contributed by atoms with Gasteiger partial charge >= 0.3 is 0 Å². The number of aryl methyl sites for hydroxylation is 1. The van der Waals surface area contributed by atoms with Gasteiger partial charge in [0.2, 0.25) is 5.91 Å². The number of para-hydroxylation sites is 1. The van der Waals surface area contributed by atoms with Gasteiger partial charge in [0, 0.05) is 34.0 Å². The van der Waals surface area contributed by atoms with E-state index in [1.165, 1.54) is 0 Å². The maximum absolute atomic E-state index is 12.5. The maximum Gasteiger partial charge on any atom is 0.249 e. The van der Waals surface area contributed by atoms with Gasteiger partial charge in [-0.3, -0.25) is 4.79 Å². The molecule has 2 aromatic carbocycles. The number of carbonyl (C=O) groups is 1. The average Bonchev–Trinajstić information content (AvgIpc) is 3.45. The molecule has 3 heterocycles. The summed E-state index contributed by atoms with van der Waals surface area (Å²) in [5.74, 6) is 1.47. The number of ether oxygens (including phenoxy) is 1. The molecule has 0 bridgehead atoms. The van der Waals surface area contributed by atoms with E-state index in [9.17, 15) is 9.90 Å². The van der Waals surface area contributed by atoms with Gasteiger partial charge in [0.05, 0.1) is 11.1 Å². The summed E-state index contributed by atoms with van der Waals surface area (Å²) in [6.07, 6.45) is 2.27. The van der Waals surface area contributed by atoms with Crippen LogP contribution in [0.25, 0.3) is 22.3 Å². The van der Waals surface area contributed by atoms with E-state index in [2.05, 4.69) is 16.3 Å². The van der Waals surface area contributed by atoms with Crippen molar-refractivity contribution in [2.75, 3.05) is 24.6 Å². The zero-order valence-electron chi connectivity index (χ0n) is 17.5. The minimum Gasteiger partial charge on any atom is -0.507 e. The molecule has 2 saturated heterocycles. The van der Waals surface area contributed by atoms with E-state index in [1.807, 2.05) is 31.2 Å². The first-order chi connectivity index (χ1) is 15.1. The average molecular weight is 423 g/mol. The molecule has 2 atom stereocenters. The van der Waals surface area contributed by atoms with Crippen molar-refractivity contribution in [3.63, 3.8) is 0 Å². The quantitative estimate of drug-likeness (QED) is 0.667. The Morgan fingerprint density at radius 3 is 2.90 bits per heavy atom. The van der Waals surface area contributed by atoms with E-state index in [0.717, 1.165) is 48.1 Å². The molecule has 2 aliphatic rings. The van der Waals surface area contributed by atoms with Crippen molar-refractivity contribution >= 4 is 22.6 Å². The van der Waals surface area contributed by atoms with Crippen LogP contribution in [0.1, 0.15) is 27.7 Å². The molecular weight excluding hydrogens is 392 g/mol. The lowest BCUT2D eigenvalue weighted by atomic mass is 10.1. The number of rotatable bonds is 4. The van der Waals surface area contributed by atoms with Gasteiger partial charge in [-0.15, -0.1) is 0 Å². The summed E-state index contributed by atoms with van der Waals surface area (Å²) in [6.45, 7) is 4.17. The minimum atomic E-state index is -0.315. The number of phenolic OH excluding ortho intramolecular Hbond substituents is 1. The normalized spacial score (nSPS) is 21.0. The molecule has 3 aromatic rings. The summed E-state index contributed by atoms with van der Waals surface area (Å²) in [5, 5.41) is 14.5. The lowest BCUT2D eigenvalue weighted by Crippen LogP contribution is -2.42. The number of benzene rings is 2. The number of nitrogens with zero attached hydrogens (tertiary/aromatic N) is 3. The molecular formula is C24H30N4O3. The van der Waals surface area contributed by atoms with E-state index >= 15 is 0 Å². The highest BCUT2D eigenvalue weighted by Crippen LogP contribution is 2.33. The molecule has 2 N–H and O–H groups in total. The molecule has 0 radical (unpaired) electrons. The Morgan fingerprint density at radius 2 is 2.10 bits per heavy atom. The van der Waals surface area contributed by atoms with Gasteiger partial charge in [-0.25, -0.2) is 9.97 Å². The Hall–Kier alpha value is -3.19. The van der Waals surface area contributed by atoms with Crippen LogP contribution in [0.3, 0.4) is 0 Å². The summed E-state index contributed by atoms with van der Waals surface area (Å²) < 4.78 is 5.51. The molecule has 7 heteroatoms. The predicted octanol–water partition coefficient (Wildman–Crippen LogP) is 3.68. The molecule has 31 heavy (non-hydrogen) atoms. The van der Waals surface area contributed by atoms with E-state index < -0.39 is 0 Å². The number of fused-ring (bicyclic) bond motifs is 1. The topological polar surface area (TPSA) is 87.6 Å². The number of aromatic hydroxyl groups is 1. The first-order valence-corrected chi connectivity index (χ1v) is 10.8. The molecule has 2 aliphatic heterocycles. The van der Waals surface area contributed by atoms with Crippen LogP contribution in [0.4, 0.5) is 5.82 Å². The van der Waals surface area contributed by atoms with Gasteiger partial charge in [-0.1, -0.05) is 18.2 Å². The highest BCUT2D eigenvalue weighted by Gasteiger charge is 2.30. The van der Waals surface area contributed by atoms with E-state index in [-0.39, 0.29) is 26.7 Å². The number of aromatic nitrogens is 2. The molecule has 0 spiro atoms. The molecule has 2 fully saturated rings. The second-order valence-electron chi connectivity index (χ2n) is 8.35. The van der Waals surface area contributed by atoms with Crippen LogP contribution in [-0.4, -0.2) is 52.8 Å². The Labute approximate surface area is 184 Å². The fourth-order valence-electron chi connectivity index (χ4n) is 4.40. The number of carbonyl (C=O) groups excluding carboxylic acids is 1. The van der Waals surface area contributed by atoms with Crippen molar-refractivity contribution in [2.24, 2.45) is 0 Å². The molecule has 0 unspecified atom stereocenters.